The number of likely N-dealkylation sites (tertiary alicyclic amines) is 2. The molecule has 3 fully saturated rings. The van der Waals surface area contributed by atoms with Crippen molar-refractivity contribution in [2.75, 3.05) is 26.2 Å². The number of carbonyl (C=O) groups is 1. The number of carbonyl (C=O) groups excluding carboxylic acids is 1. The summed E-state index contributed by atoms with van der Waals surface area (Å²) in [6.07, 6.45) is 9.07. The zero-order chi connectivity index (χ0) is 14.0. The second-order valence-electron chi connectivity index (χ2n) is 6.99. The molecule has 1 N–H and O–H groups in total. The summed E-state index contributed by atoms with van der Waals surface area (Å²) in [4.78, 5) is 17.0. The van der Waals surface area contributed by atoms with Gasteiger partial charge in [0.2, 0.25) is 5.91 Å². The second kappa shape index (κ2) is 6.02. The van der Waals surface area contributed by atoms with Gasteiger partial charge in [-0.3, -0.25) is 9.69 Å². The third-order valence-corrected chi connectivity index (χ3v) is 5.42. The van der Waals surface area contributed by atoms with Gasteiger partial charge in [0.05, 0.1) is 12.0 Å². The van der Waals surface area contributed by atoms with Crippen LogP contribution >= 0.6 is 0 Å². The van der Waals surface area contributed by atoms with E-state index in [2.05, 4.69) is 4.90 Å². The van der Waals surface area contributed by atoms with E-state index in [4.69, 9.17) is 0 Å². The molecule has 1 unspecified atom stereocenters. The molecule has 0 radical (unpaired) electrons. The Labute approximate surface area is 122 Å². The summed E-state index contributed by atoms with van der Waals surface area (Å²) in [7, 11) is 0. The molecule has 0 spiro atoms. The van der Waals surface area contributed by atoms with Gasteiger partial charge in [-0.15, -0.1) is 0 Å². The van der Waals surface area contributed by atoms with Crippen LogP contribution in [0.3, 0.4) is 0 Å². The van der Waals surface area contributed by atoms with Gasteiger partial charge < -0.3 is 10.0 Å². The minimum absolute atomic E-state index is 0.179. The fourth-order valence-electron chi connectivity index (χ4n) is 4.19. The van der Waals surface area contributed by atoms with E-state index < -0.39 is 5.60 Å². The predicted octanol–water partition coefficient (Wildman–Crippen LogP) is 1.77. The molecular formula is C16H28N2O2. The molecule has 2 saturated heterocycles. The van der Waals surface area contributed by atoms with Crippen LogP contribution in [0.2, 0.25) is 0 Å². The maximum Gasteiger partial charge on any atom is 0.225 e. The minimum atomic E-state index is -0.697. The Kier molecular flexibility index (Phi) is 4.32. The van der Waals surface area contributed by atoms with E-state index in [1.165, 1.54) is 32.4 Å². The van der Waals surface area contributed by atoms with Gasteiger partial charge in [0, 0.05) is 19.1 Å². The Morgan fingerprint density at radius 1 is 1.05 bits per heavy atom. The summed E-state index contributed by atoms with van der Waals surface area (Å²) in [6.45, 7) is 4.18. The lowest BCUT2D eigenvalue weighted by atomic mass is 9.96. The van der Waals surface area contributed by atoms with Crippen LogP contribution in [0.4, 0.5) is 0 Å². The van der Waals surface area contributed by atoms with Crippen molar-refractivity contribution in [3.05, 3.63) is 0 Å². The van der Waals surface area contributed by atoms with Gasteiger partial charge in [-0.05, 0) is 51.6 Å². The molecule has 114 valence electrons. The molecule has 1 saturated carbocycles. The lowest BCUT2D eigenvalue weighted by Crippen LogP contribution is -2.50. The van der Waals surface area contributed by atoms with E-state index in [9.17, 15) is 9.90 Å². The van der Waals surface area contributed by atoms with Crippen LogP contribution in [0, 0.1) is 0 Å². The third kappa shape index (κ3) is 3.17. The first-order chi connectivity index (χ1) is 9.66. The molecule has 4 heteroatoms. The van der Waals surface area contributed by atoms with Crippen LogP contribution in [-0.2, 0) is 4.79 Å². The number of hydrogen-bond donors (Lipinski definition) is 1. The molecule has 2 aliphatic heterocycles. The Bertz CT molecular complexity index is 346. The number of amides is 1. The monoisotopic (exact) mass is 280 g/mol. The first-order valence-corrected chi connectivity index (χ1v) is 8.41. The molecule has 0 aromatic rings. The number of hydrogen-bond acceptors (Lipinski definition) is 3. The molecule has 0 bridgehead atoms. The molecule has 3 rings (SSSR count). The van der Waals surface area contributed by atoms with Crippen molar-refractivity contribution >= 4 is 5.91 Å². The average Bonchev–Trinajstić information content (AvgIpc) is 3.10. The zero-order valence-corrected chi connectivity index (χ0v) is 12.5. The minimum Gasteiger partial charge on any atom is -0.389 e. The largest absolute Gasteiger partial charge is 0.389 e. The summed E-state index contributed by atoms with van der Waals surface area (Å²) in [5, 5.41) is 10.4. The van der Waals surface area contributed by atoms with Gasteiger partial charge in [-0.2, -0.15) is 0 Å². The summed E-state index contributed by atoms with van der Waals surface area (Å²) in [6, 6.07) is 0.563. The third-order valence-electron chi connectivity index (χ3n) is 5.42. The first-order valence-electron chi connectivity index (χ1n) is 8.41. The smallest absolute Gasteiger partial charge is 0.225 e. The SMILES string of the molecule is O=C(CC1(O)CCCC1)N1CCCC(N2CCCC2)C1. The van der Waals surface area contributed by atoms with Crippen molar-refractivity contribution in [3.8, 4) is 0 Å². The maximum atomic E-state index is 12.5. The molecule has 0 aromatic carbocycles. The van der Waals surface area contributed by atoms with Crippen molar-refractivity contribution in [2.45, 2.75) is 69.4 Å². The molecule has 1 amide bonds. The van der Waals surface area contributed by atoms with Gasteiger partial charge in [0.25, 0.3) is 0 Å². The molecule has 1 aliphatic carbocycles. The van der Waals surface area contributed by atoms with Crippen molar-refractivity contribution < 1.29 is 9.90 Å². The van der Waals surface area contributed by atoms with E-state index in [-0.39, 0.29) is 5.91 Å². The number of aliphatic hydroxyl groups is 1. The van der Waals surface area contributed by atoms with Crippen LogP contribution in [-0.4, -0.2) is 58.6 Å². The highest BCUT2D eigenvalue weighted by Gasteiger charge is 2.36. The van der Waals surface area contributed by atoms with Crippen LogP contribution < -0.4 is 0 Å². The van der Waals surface area contributed by atoms with Crippen molar-refractivity contribution in [1.82, 2.24) is 9.80 Å². The van der Waals surface area contributed by atoms with E-state index >= 15 is 0 Å². The van der Waals surface area contributed by atoms with Gasteiger partial charge >= 0.3 is 0 Å². The lowest BCUT2D eigenvalue weighted by Gasteiger charge is -2.38. The Balaban J connectivity index is 1.54. The number of nitrogens with zero attached hydrogens (tertiary/aromatic N) is 2. The lowest BCUT2D eigenvalue weighted by molar-refractivity contribution is -0.138. The molecule has 20 heavy (non-hydrogen) atoms. The fourth-order valence-corrected chi connectivity index (χ4v) is 4.19. The molecule has 4 nitrogen and oxygen atoms in total. The van der Waals surface area contributed by atoms with E-state index in [1.54, 1.807) is 0 Å². The van der Waals surface area contributed by atoms with Crippen LogP contribution in [0.25, 0.3) is 0 Å². The predicted molar refractivity (Wildman–Crippen MR) is 78.4 cm³/mol. The highest BCUT2D eigenvalue weighted by Crippen LogP contribution is 2.33. The highest BCUT2D eigenvalue weighted by atomic mass is 16.3. The van der Waals surface area contributed by atoms with Gasteiger partial charge in [0.1, 0.15) is 0 Å². The summed E-state index contributed by atoms with van der Waals surface area (Å²) < 4.78 is 0. The van der Waals surface area contributed by atoms with Gasteiger partial charge in [-0.1, -0.05) is 12.8 Å². The Hall–Kier alpha value is -0.610. The maximum absolute atomic E-state index is 12.5. The standard InChI is InChI=1S/C16H28N2O2/c19-15(12-16(20)7-1-2-8-16)18-11-5-6-14(13-18)17-9-3-4-10-17/h14,20H,1-13H2. The fraction of sp³-hybridized carbons (Fsp3) is 0.938. The average molecular weight is 280 g/mol. The zero-order valence-electron chi connectivity index (χ0n) is 12.5. The van der Waals surface area contributed by atoms with Gasteiger partial charge in [0.15, 0.2) is 0 Å². The van der Waals surface area contributed by atoms with Crippen molar-refractivity contribution in [2.24, 2.45) is 0 Å². The topological polar surface area (TPSA) is 43.8 Å². The van der Waals surface area contributed by atoms with E-state index in [1.807, 2.05) is 4.90 Å². The summed E-state index contributed by atoms with van der Waals surface area (Å²) >= 11 is 0. The molecule has 3 aliphatic rings. The van der Waals surface area contributed by atoms with Crippen molar-refractivity contribution in [1.29, 1.82) is 0 Å². The van der Waals surface area contributed by atoms with E-state index in [0.717, 1.165) is 45.2 Å². The molecular weight excluding hydrogens is 252 g/mol. The summed E-state index contributed by atoms with van der Waals surface area (Å²) in [5.41, 5.74) is -0.697. The molecule has 1 atom stereocenters. The molecule has 2 heterocycles. The highest BCUT2D eigenvalue weighted by molar-refractivity contribution is 5.77. The van der Waals surface area contributed by atoms with E-state index in [0.29, 0.717) is 12.5 Å². The van der Waals surface area contributed by atoms with Crippen LogP contribution in [0.5, 0.6) is 0 Å². The molecule has 0 aromatic heterocycles. The second-order valence-corrected chi connectivity index (χ2v) is 6.99. The Morgan fingerprint density at radius 2 is 1.75 bits per heavy atom. The number of rotatable bonds is 3. The Morgan fingerprint density at radius 3 is 2.45 bits per heavy atom. The summed E-state index contributed by atoms with van der Waals surface area (Å²) in [5.74, 6) is 0.179. The van der Waals surface area contributed by atoms with Crippen LogP contribution in [0.15, 0.2) is 0 Å². The number of piperidine rings is 1. The first kappa shape index (κ1) is 14.3. The normalized spacial score (nSPS) is 30.9. The quantitative estimate of drug-likeness (QED) is 0.857. The van der Waals surface area contributed by atoms with Crippen LogP contribution in [0.1, 0.15) is 57.8 Å². The van der Waals surface area contributed by atoms with Crippen molar-refractivity contribution in [3.63, 3.8) is 0 Å². The van der Waals surface area contributed by atoms with Gasteiger partial charge in [-0.25, -0.2) is 0 Å².